The molecule has 0 aromatic heterocycles. The normalized spacial score (nSPS) is 15.0. The molecule has 0 spiro atoms. The highest BCUT2D eigenvalue weighted by Crippen LogP contribution is 2.33. The second-order valence-corrected chi connectivity index (χ2v) is 6.21. The quantitative estimate of drug-likeness (QED) is 0.627. The van der Waals surface area contributed by atoms with Crippen molar-refractivity contribution in [3.05, 3.63) is 65.0 Å². The van der Waals surface area contributed by atoms with Crippen LogP contribution in [0, 0.1) is 17.5 Å². The molecule has 6 nitrogen and oxygen atoms in total. The van der Waals surface area contributed by atoms with Gasteiger partial charge in [0.2, 0.25) is 11.8 Å². The zero-order chi connectivity index (χ0) is 20.4. The molecule has 1 heterocycles. The van der Waals surface area contributed by atoms with Gasteiger partial charge in [-0.1, -0.05) is 18.2 Å². The van der Waals surface area contributed by atoms with Gasteiger partial charge in [0, 0.05) is 12.6 Å². The monoisotopic (exact) mass is 392 g/mol. The van der Waals surface area contributed by atoms with E-state index in [1.165, 1.54) is 7.05 Å². The van der Waals surface area contributed by atoms with Crippen LogP contribution in [-0.2, 0) is 14.3 Å². The maximum absolute atomic E-state index is 13.6. The van der Waals surface area contributed by atoms with Gasteiger partial charge >= 0.3 is 5.97 Å². The minimum Gasteiger partial charge on any atom is -0.453 e. The van der Waals surface area contributed by atoms with E-state index >= 15 is 0 Å². The van der Waals surface area contributed by atoms with Crippen molar-refractivity contribution >= 4 is 23.5 Å². The van der Waals surface area contributed by atoms with E-state index in [9.17, 15) is 27.6 Å². The minimum atomic E-state index is -1.70. The summed E-state index contributed by atoms with van der Waals surface area (Å²) in [7, 11) is 1.34. The number of cyclic esters (lactones) is 1. The molecule has 0 saturated heterocycles. The van der Waals surface area contributed by atoms with Crippen LogP contribution in [-0.4, -0.2) is 36.3 Å². The van der Waals surface area contributed by atoms with Crippen molar-refractivity contribution in [1.29, 1.82) is 0 Å². The molecule has 28 heavy (non-hydrogen) atoms. The first-order chi connectivity index (χ1) is 13.3. The first kappa shape index (κ1) is 19.4. The Morgan fingerprint density at radius 1 is 1.11 bits per heavy atom. The summed E-state index contributed by atoms with van der Waals surface area (Å²) in [4.78, 5) is 37.2. The van der Waals surface area contributed by atoms with E-state index in [4.69, 9.17) is 4.74 Å². The van der Waals surface area contributed by atoms with Crippen molar-refractivity contribution < 1.29 is 32.3 Å². The standard InChI is InChI=1S/C19H15F3N2O4/c1-24(9-15(25)23-13-7-6-12(20)17(21)18(13)22)16(26)8-14-10-4-2-3-5-11(10)19(27)28-14/h2-7,14H,8-9H2,1H3,(H,23,25)/t14-/m1/s1. The molecule has 0 bridgehead atoms. The van der Waals surface area contributed by atoms with Gasteiger partial charge in [-0.15, -0.1) is 0 Å². The number of anilines is 1. The van der Waals surface area contributed by atoms with E-state index in [2.05, 4.69) is 5.32 Å². The third-order valence-electron chi connectivity index (χ3n) is 4.25. The summed E-state index contributed by atoms with van der Waals surface area (Å²) >= 11 is 0. The van der Waals surface area contributed by atoms with Gasteiger partial charge in [-0.25, -0.2) is 18.0 Å². The Morgan fingerprint density at radius 2 is 1.82 bits per heavy atom. The van der Waals surface area contributed by atoms with Crippen LogP contribution in [0.3, 0.4) is 0 Å². The number of hydrogen-bond donors (Lipinski definition) is 1. The first-order valence-corrected chi connectivity index (χ1v) is 8.25. The molecule has 2 aromatic rings. The smallest absolute Gasteiger partial charge is 0.339 e. The molecule has 2 aromatic carbocycles. The van der Waals surface area contributed by atoms with Gasteiger partial charge < -0.3 is 15.0 Å². The number of carbonyl (C=O) groups is 3. The molecule has 0 radical (unpaired) electrons. The minimum absolute atomic E-state index is 0.175. The summed E-state index contributed by atoms with van der Waals surface area (Å²) in [5, 5.41) is 2.08. The molecule has 0 saturated carbocycles. The van der Waals surface area contributed by atoms with Crippen molar-refractivity contribution in [3.63, 3.8) is 0 Å². The van der Waals surface area contributed by atoms with Crippen molar-refractivity contribution in [1.82, 2.24) is 4.90 Å². The molecule has 0 unspecified atom stereocenters. The molecule has 1 aliphatic heterocycles. The number of benzene rings is 2. The number of rotatable bonds is 5. The van der Waals surface area contributed by atoms with Gasteiger partial charge in [0.25, 0.3) is 0 Å². The molecule has 3 rings (SSSR count). The zero-order valence-electron chi connectivity index (χ0n) is 14.7. The molecular weight excluding hydrogens is 377 g/mol. The lowest BCUT2D eigenvalue weighted by atomic mass is 10.0. The van der Waals surface area contributed by atoms with Crippen LogP contribution < -0.4 is 5.32 Å². The largest absolute Gasteiger partial charge is 0.453 e. The Balaban J connectivity index is 1.60. The van der Waals surface area contributed by atoms with Crippen LogP contribution in [0.2, 0.25) is 0 Å². The highest BCUT2D eigenvalue weighted by atomic mass is 19.2. The summed E-state index contributed by atoms with van der Waals surface area (Å²) < 4.78 is 44.9. The maximum atomic E-state index is 13.6. The topological polar surface area (TPSA) is 75.7 Å². The Hall–Kier alpha value is -3.36. The Kier molecular flexibility index (Phi) is 5.34. The number of halogens is 3. The number of nitrogens with one attached hydrogen (secondary N) is 1. The van der Waals surface area contributed by atoms with Crippen molar-refractivity contribution in [2.45, 2.75) is 12.5 Å². The Labute approximate surface area is 157 Å². The van der Waals surface area contributed by atoms with Crippen molar-refractivity contribution in [2.75, 3.05) is 18.9 Å². The average molecular weight is 392 g/mol. The lowest BCUT2D eigenvalue weighted by Crippen LogP contribution is -2.35. The predicted octanol–water partition coefficient (Wildman–Crippen LogP) is 2.80. The van der Waals surface area contributed by atoms with Crippen molar-refractivity contribution in [3.8, 4) is 0 Å². The molecule has 1 aliphatic rings. The molecule has 1 N–H and O–H groups in total. The summed E-state index contributed by atoms with van der Waals surface area (Å²) in [5.74, 6) is -6.43. The lowest BCUT2D eigenvalue weighted by Gasteiger charge is -2.19. The van der Waals surface area contributed by atoms with Gasteiger partial charge in [0.05, 0.1) is 24.2 Å². The number of nitrogens with zero attached hydrogens (tertiary/aromatic N) is 1. The number of hydrogen-bond acceptors (Lipinski definition) is 4. The summed E-state index contributed by atoms with van der Waals surface area (Å²) in [6.45, 7) is -0.459. The fraction of sp³-hybridized carbons (Fsp3) is 0.211. The van der Waals surface area contributed by atoms with Gasteiger partial charge in [0.15, 0.2) is 17.5 Å². The molecule has 9 heteroatoms. The van der Waals surface area contributed by atoms with E-state index < -0.39 is 53.6 Å². The van der Waals surface area contributed by atoms with Gasteiger partial charge in [-0.05, 0) is 18.2 Å². The average Bonchev–Trinajstić information content (AvgIpc) is 2.98. The predicted molar refractivity (Wildman–Crippen MR) is 91.8 cm³/mol. The van der Waals surface area contributed by atoms with E-state index in [-0.39, 0.29) is 6.42 Å². The molecule has 1 atom stereocenters. The Bertz CT molecular complexity index is 964. The second kappa shape index (κ2) is 7.71. The van der Waals surface area contributed by atoms with Gasteiger partial charge in [0.1, 0.15) is 6.10 Å². The van der Waals surface area contributed by atoms with Crippen LogP contribution in [0.1, 0.15) is 28.4 Å². The fourth-order valence-electron chi connectivity index (χ4n) is 2.80. The van der Waals surface area contributed by atoms with Crippen LogP contribution in [0.5, 0.6) is 0 Å². The highest BCUT2D eigenvalue weighted by molar-refractivity contribution is 5.96. The number of esters is 1. The molecule has 146 valence electrons. The number of carbonyl (C=O) groups excluding carboxylic acids is 3. The van der Waals surface area contributed by atoms with Crippen LogP contribution >= 0.6 is 0 Å². The SMILES string of the molecule is CN(CC(=O)Nc1ccc(F)c(F)c1F)C(=O)C[C@H]1OC(=O)c2ccccc21. The summed E-state index contributed by atoms with van der Waals surface area (Å²) in [6.07, 6.45) is -0.933. The molecule has 0 fully saturated rings. The number of fused-ring (bicyclic) bond motifs is 1. The molecule has 2 amide bonds. The van der Waals surface area contributed by atoms with E-state index in [0.717, 1.165) is 11.0 Å². The second-order valence-electron chi connectivity index (χ2n) is 6.21. The number of likely N-dealkylation sites (N-methyl/N-ethyl adjacent to an activating group) is 1. The van der Waals surface area contributed by atoms with Crippen LogP contribution in [0.25, 0.3) is 0 Å². The van der Waals surface area contributed by atoms with E-state index in [0.29, 0.717) is 17.2 Å². The maximum Gasteiger partial charge on any atom is 0.339 e. The van der Waals surface area contributed by atoms with Crippen molar-refractivity contribution in [2.24, 2.45) is 0 Å². The number of ether oxygens (including phenoxy) is 1. The lowest BCUT2D eigenvalue weighted by molar-refractivity contribution is -0.135. The van der Waals surface area contributed by atoms with E-state index in [1.807, 2.05) is 0 Å². The van der Waals surface area contributed by atoms with Crippen LogP contribution in [0.4, 0.5) is 18.9 Å². The van der Waals surface area contributed by atoms with Crippen LogP contribution in [0.15, 0.2) is 36.4 Å². The zero-order valence-corrected chi connectivity index (χ0v) is 14.7. The van der Waals surface area contributed by atoms with E-state index in [1.54, 1.807) is 24.3 Å². The first-order valence-electron chi connectivity index (χ1n) is 8.25. The third-order valence-corrected chi connectivity index (χ3v) is 4.25. The molecular formula is C19H15F3N2O4. The number of amides is 2. The Morgan fingerprint density at radius 3 is 2.57 bits per heavy atom. The summed E-state index contributed by atoms with van der Waals surface area (Å²) in [6, 6.07) is 8.22. The summed E-state index contributed by atoms with van der Waals surface area (Å²) in [5.41, 5.74) is 0.431. The van der Waals surface area contributed by atoms with Gasteiger partial charge in [-0.2, -0.15) is 0 Å². The molecule has 0 aliphatic carbocycles. The van der Waals surface area contributed by atoms with Gasteiger partial charge in [-0.3, -0.25) is 9.59 Å². The fourth-order valence-corrected chi connectivity index (χ4v) is 2.80. The highest BCUT2D eigenvalue weighted by Gasteiger charge is 2.33. The third kappa shape index (κ3) is 3.83.